The Kier molecular flexibility index (Phi) is 3.23. The van der Waals surface area contributed by atoms with Gasteiger partial charge in [-0.2, -0.15) is 0 Å². The van der Waals surface area contributed by atoms with Crippen molar-refractivity contribution in [2.24, 2.45) is 0 Å². The Morgan fingerprint density at radius 2 is 2.25 bits per heavy atom. The Morgan fingerprint density at radius 3 is 2.75 bits per heavy atom. The van der Waals surface area contributed by atoms with Crippen molar-refractivity contribution >= 4 is 32.8 Å². The van der Waals surface area contributed by atoms with E-state index >= 15 is 0 Å². The fourth-order valence-corrected chi connectivity index (χ4v) is 1.30. The summed E-state index contributed by atoms with van der Waals surface area (Å²) in [5.74, 6) is -0.584. The summed E-state index contributed by atoms with van der Waals surface area (Å²) < 4.78 is 12.8. The Morgan fingerprint density at radius 1 is 1.58 bits per heavy atom. The summed E-state index contributed by atoms with van der Waals surface area (Å²) >= 11 is 8.33. The van der Waals surface area contributed by atoms with Crippen LogP contribution >= 0.6 is 27.5 Å². The fourth-order valence-electron chi connectivity index (χ4n) is 0.806. The first kappa shape index (κ1) is 9.68. The SMILES string of the molecule is O=C(Cl)c1cc(CBr)ccc1F. The fraction of sp³-hybridized carbons (Fsp3) is 0.125. The van der Waals surface area contributed by atoms with Crippen molar-refractivity contribution in [3.05, 3.63) is 35.1 Å². The van der Waals surface area contributed by atoms with E-state index in [1.54, 1.807) is 6.07 Å². The predicted octanol–water partition coefficient (Wildman–Crippen LogP) is 3.10. The van der Waals surface area contributed by atoms with Gasteiger partial charge in [0.2, 0.25) is 0 Å². The Balaban J connectivity index is 3.17. The highest BCUT2D eigenvalue weighted by Crippen LogP contribution is 2.14. The van der Waals surface area contributed by atoms with Gasteiger partial charge in [0.25, 0.3) is 5.24 Å². The van der Waals surface area contributed by atoms with Crippen molar-refractivity contribution < 1.29 is 9.18 Å². The third kappa shape index (κ3) is 2.05. The molecule has 4 heteroatoms. The first-order valence-electron chi connectivity index (χ1n) is 3.19. The summed E-state index contributed by atoms with van der Waals surface area (Å²) in [7, 11) is 0. The minimum Gasteiger partial charge on any atom is -0.275 e. The van der Waals surface area contributed by atoms with E-state index in [0.29, 0.717) is 5.33 Å². The molecule has 0 amide bonds. The van der Waals surface area contributed by atoms with E-state index in [1.807, 2.05) is 0 Å². The van der Waals surface area contributed by atoms with Crippen molar-refractivity contribution in [1.82, 2.24) is 0 Å². The maximum Gasteiger partial charge on any atom is 0.255 e. The molecular formula is C8H5BrClFO. The van der Waals surface area contributed by atoms with Crippen LogP contribution in [0.3, 0.4) is 0 Å². The van der Waals surface area contributed by atoms with E-state index in [2.05, 4.69) is 15.9 Å². The number of hydrogen-bond acceptors (Lipinski definition) is 1. The molecule has 12 heavy (non-hydrogen) atoms. The molecule has 64 valence electrons. The van der Waals surface area contributed by atoms with Gasteiger partial charge in [-0.1, -0.05) is 22.0 Å². The van der Waals surface area contributed by atoms with Gasteiger partial charge in [0, 0.05) is 5.33 Å². The Labute approximate surface area is 82.7 Å². The zero-order valence-electron chi connectivity index (χ0n) is 5.98. The van der Waals surface area contributed by atoms with Crippen molar-refractivity contribution in [1.29, 1.82) is 0 Å². The third-order valence-electron chi connectivity index (χ3n) is 1.40. The van der Waals surface area contributed by atoms with Crippen molar-refractivity contribution in [2.45, 2.75) is 5.33 Å². The smallest absolute Gasteiger partial charge is 0.255 e. The molecule has 0 unspecified atom stereocenters. The maximum absolute atomic E-state index is 12.8. The van der Waals surface area contributed by atoms with E-state index in [0.717, 1.165) is 5.56 Å². The molecular weight excluding hydrogens is 246 g/mol. The van der Waals surface area contributed by atoms with E-state index < -0.39 is 11.1 Å². The second-order valence-electron chi connectivity index (χ2n) is 2.22. The summed E-state index contributed by atoms with van der Waals surface area (Å²) in [4.78, 5) is 10.6. The van der Waals surface area contributed by atoms with Crippen LogP contribution in [0, 0.1) is 5.82 Å². The lowest BCUT2D eigenvalue weighted by atomic mass is 10.1. The molecule has 0 atom stereocenters. The van der Waals surface area contributed by atoms with Crippen molar-refractivity contribution in [2.75, 3.05) is 0 Å². The van der Waals surface area contributed by atoms with Gasteiger partial charge in [-0.25, -0.2) is 4.39 Å². The molecule has 0 spiro atoms. The molecule has 0 aliphatic carbocycles. The first-order chi connectivity index (χ1) is 5.65. The number of carbonyl (C=O) groups excluding carboxylic acids is 1. The number of halogens is 3. The zero-order chi connectivity index (χ0) is 9.14. The van der Waals surface area contributed by atoms with Crippen LogP contribution in [0.2, 0.25) is 0 Å². The van der Waals surface area contributed by atoms with Crippen LogP contribution in [0.1, 0.15) is 15.9 Å². The molecule has 0 aliphatic heterocycles. The lowest BCUT2D eigenvalue weighted by molar-refractivity contribution is 0.107. The summed E-state index contributed by atoms with van der Waals surface area (Å²) in [6.45, 7) is 0. The van der Waals surface area contributed by atoms with Gasteiger partial charge in [-0.15, -0.1) is 0 Å². The molecule has 0 fully saturated rings. The van der Waals surface area contributed by atoms with Crippen molar-refractivity contribution in [3.63, 3.8) is 0 Å². The summed E-state index contributed by atoms with van der Waals surface area (Å²) in [5.41, 5.74) is 0.744. The summed E-state index contributed by atoms with van der Waals surface area (Å²) in [5, 5.41) is -0.194. The highest BCUT2D eigenvalue weighted by molar-refractivity contribution is 9.08. The second kappa shape index (κ2) is 4.01. The molecule has 0 bridgehead atoms. The van der Waals surface area contributed by atoms with Gasteiger partial charge >= 0.3 is 0 Å². The molecule has 0 aromatic heterocycles. The van der Waals surface area contributed by atoms with Crippen LogP contribution in [0.15, 0.2) is 18.2 Å². The lowest BCUT2D eigenvalue weighted by Gasteiger charge is -1.99. The number of alkyl halides is 1. The van der Waals surface area contributed by atoms with E-state index in [4.69, 9.17) is 11.6 Å². The average molecular weight is 251 g/mol. The highest BCUT2D eigenvalue weighted by Gasteiger charge is 2.08. The monoisotopic (exact) mass is 250 g/mol. The third-order valence-corrected chi connectivity index (χ3v) is 2.25. The largest absolute Gasteiger partial charge is 0.275 e. The van der Waals surface area contributed by atoms with Crippen LogP contribution in [0.5, 0.6) is 0 Å². The average Bonchev–Trinajstić information content (AvgIpc) is 2.05. The highest BCUT2D eigenvalue weighted by atomic mass is 79.9. The lowest BCUT2D eigenvalue weighted by Crippen LogP contribution is -1.95. The maximum atomic E-state index is 12.8. The molecule has 0 heterocycles. The first-order valence-corrected chi connectivity index (χ1v) is 4.69. The van der Waals surface area contributed by atoms with E-state index in [9.17, 15) is 9.18 Å². The van der Waals surface area contributed by atoms with Gasteiger partial charge in [0.15, 0.2) is 0 Å². The van der Waals surface area contributed by atoms with Crippen LogP contribution in [0.4, 0.5) is 4.39 Å². The Hall–Kier alpha value is -0.410. The van der Waals surface area contributed by atoms with Crippen LogP contribution in [-0.4, -0.2) is 5.24 Å². The van der Waals surface area contributed by atoms with Crippen molar-refractivity contribution in [3.8, 4) is 0 Å². The Bertz CT molecular complexity index is 314. The number of hydrogen-bond donors (Lipinski definition) is 0. The molecule has 0 N–H and O–H groups in total. The molecule has 0 aliphatic rings. The summed E-state index contributed by atoms with van der Waals surface area (Å²) in [6.07, 6.45) is 0. The predicted molar refractivity (Wildman–Crippen MR) is 49.2 cm³/mol. The van der Waals surface area contributed by atoms with Gasteiger partial charge in [-0.05, 0) is 29.3 Å². The molecule has 1 nitrogen and oxygen atoms in total. The van der Waals surface area contributed by atoms with Gasteiger partial charge < -0.3 is 0 Å². The minimum absolute atomic E-state index is 0.0754. The second-order valence-corrected chi connectivity index (χ2v) is 3.13. The number of rotatable bonds is 2. The zero-order valence-corrected chi connectivity index (χ0v) is 8.32. The van der Waals surface area contributed by atoms with Crippen LogP contribution < -0.4 is 0 Å². The molecule has 1 aromatic rings. The van der Waals surface area contributed by atoms with E-state index in [-0.39, 0.29) is 5.56 Å². The van der Waals surface area contributed by atoms with Crippen LogP contribution in [0.25, 0.3) is 0 Å². The molecule has 0 radical (unpaired) electrons. The molecule has 1 aromatic carbocycles. The molecule has 0 saturated heterocycles. The quantitative estimate of drug-likeness (QED) is 0.583. The topological polar surface area (TPSA) is 17.1 Å². The minimum atomic E-state index is -0.768. The van der Waals surface area contributed by atoms with Gasteiger partial charge in [0.1, 0.15) is 5.82 Å². The van der Waals surface area contributed by atoms with E-state index in [1.165, 1.54) is 12.1 Å². The molecule has 0 saturated carbocycles. The standard InChI is InChI=1S/C8H5BrClFO/c9-4-5-1-2-7(11)6(3-5)8(10)12/h1-3H,4H2. The summed E-state index contributed by atoms with van der Waals surface area (Å²) in [6, 6.07) is 4.25. The molecule has 1 rings (SSSR count). The number of benzene rings is 1. The van der Waals surface area contributed by atoms with Gasteiger partial charge in [-0.3, -0.25) is 4.79 Å². The van der Waals surface area contributed by atoms with Gasteiger partial charge in [0.05, 0.1) is 5.56 Å². The van der Waals surface area contributed by atoms with Crippen LogP contribution in [-0.2, 0) is 5.33 Å². The number of carbonyl (C=O) groups is 1. The normalized spacial score (nSPS) is 9.92.